The average Bonchev–Trinajstić information content (AvgIpc) is 2.47. The van der Waals surface area contributed by atoms with Gasteiger partial charge in [0.25, 0.3) is 0 Å². The van der Waals surface area contributed by atoms with E-state index in [4.69, 9.17) is 4.74 Å². The van der Waals surface area contributed by atoms with Crippen molar-refractivity contribution in [1.82, 2.24) is 4.98 Å². The van der Waals surface area contributed by atoms with E-state index >= 15 is 0 Å². The zero-order valence-electron chi connectivity index (χ0n) is 10.3. The van der Waals surface area contributed by atoms with Crippen LogP contribution in [0.5, 0.6) is 5.75 Å². The summed E-state index contributed by atoms with van der Waals surface area (Å²) in [4.78, 5) is 2.79. The Morgan fingerprint density at radius 2 is 1.76 bits per heavy atom. The van der Waals surface area contributed by atoms with E-state index in [1.807, 2.05) is 20.8 Å². The maximum absolute atomic E-state index is 14.1. The Bertz CT molecular complexity index is 567. The molecular weight excluding hydrogens is 224 g/mol. The molecule has 1 aromatic carbocycles. The number of benzene rings is 1. The van der Waals surface area contributed by atoms with Crippen molar-refractivity contribution in [2.75, 3.05) is 0 Å². The first-order valence-electron chi connectivity index (χ1n) is 5.45. The van der Waals surface area contributed by atoms with E-state index in [-0.39, 0.29) is 11.1 Å². The highest BCUT2D eigenvalue weighted by Crippen LogP contribution is 2.31. The molecule has 1 heterocycles. The zero-order valence-corrected chi connectivity index (χ0v) is 10.3. The van der Waals surface area contributed by atoms with Crippen molar-refractivity contribution in [2.24, 2.45) is 0 Å². The summed E-state index contributed by atoms with van der Waals surface area (Å²) in [6, 6.07) is 3.13. The maximum atomic E-state index is 14.1. The van der Waals surface area contributed by atoms with E-state index in [1.165, 1.54) is 6.07 Å². The predicted octanol–water partition coefficient (Wildman–Crippen LogP) is 3.93. The van der Waals surface area contributed by atoms with Crippen LogP contribution in [0.1, 0.15) is 26.5 Å². The number of halogens is 2. The van der Waals surface area contributed by atoms with Gasteiger partial charge in [0.2, 0.25) is 0 Å². The third-order valence-corrected chi connectivity index (χ3v) is 2.39. The van der Waals surface area contributed by atoms with Gasteiger partial charge >= 0.3 is 0 Å². The number of aromatic amines is 1. The van der Waals surface area contributed by atoms with Gasteiger partial charge in [-0.1, -0.05) is 0 Å². The second-order valence-electron chi connectivity index (χ2n) is 5.08. The summed E-state index contributed by atoms with van der Waals surface area (Å²) in [5.74, 6) is -1.14. The summed E-state index contributed by atoms with van der Waals surface area (Å²) in [7, 11) is 0. The molecule has 0 radical (unpaired) electrons. The first-order chi connectivity index (χ1) is 7.79. The molecule has 0 unspecified atom stereocenters. The highest BCUT2D eigenvalue weighted by molar-refractivity contribution is 5.83. The van der Waals surface area contributed by atoms with Gasteiger partial charge in [-0.25, -0.2) is 8.78 Å². The van der Waals surface area contributed by atoms with Gasteiger partial charge in [-0.2, -0.15) is 0 Å². The molecule has 0 atom stereocenters. The number of hydrogen-bond donors (Lipinski definition) is 1. The number of fused-ring (bicyclic) bond motifs is 1. The van der Waals surface area contributed by atoms with E-state index in [1.54, 1.807) is 13.0 Å². The summed E-state index contributed by atoms with van der Waals surface area (Å²) in [5.41, 5.74) is 0.252. The van der Waals surface area contributed by atoms with Crippen LogP contribution in [0, 0.1) is 18.6 Å². The summed E-state index contributed by atoms with van der Waals surface area (Å²) in [6.45, 7) is 7.01. The average molecular weight is 239 g/mol. The fraction of sp³-hybridized carbons (Fsp3) is 0.385. The van der Waals surface area contributed by atoms with Gasteiger partial charge in [0.05, 0.1) is 10.9 Å². The fourth-order valence-electron chi connectivity index (χ4n) is 1.73. The van der Waals surface area contributed by atoms with Gasteiger partial charge < -0.3 is 9.72 Å². The van der Waals surface area contributed by atoms with Crippen molar-refractivity contribution in [2.45, 2.75) is 33.3 Å². The second-order valence-corrected chi connectivity index (χ2v) is 5.08. The quantitative estimate of drug-likeness (QED) is 0.801. The third kappa shape index (κ3) is 2.12. The number of hydrogen-bond acceptors (Lipinski definition) is 1. The molecule has 0 aliphatic rings. The van der Waals surface area contributed by atoms with Crippen molar-refractivity contribution in [1.29, 1.82) is 0 Å². The Kier molecular flexibility index (Phi) is 2.60. The van der Waals surface area contributed by atoms with Crippen LogP contribution in [-0.4, -0.2) is 10.6 Å². The lowest BCUT2D eigenvalue weighted by Crippen LogP contribution is -2.23. The molecule has 0 amide bonds. The standard InChI is InChI=1S/C13H15F2NO/c1-7-11(14)10-8(16-7)5-6-9(12(10)15)17-13(2,3)4/h5-6,16H,1-4H3. The minimum absolute atomic E-state index is 0.0377. The number of H-pyrrole nitrogens is 1. The molecule has 0 spiro atoms. The Morgan fingerprint density at radius 3 is 2.35 bits per heavy atom. The topological polar surface area (TPSA) is 25.0 Å². The van der Waals surface area contributed by atoms with Gasteiger partial charge in [0.15, 0.2) is 17.4 Å². The van der Waals surface area contributed by atoms with Crippen molar-refractivity contribution in [3.05, 3.63) is 29.5 Å². The van der Waals surface area contributed by atoms with Crippen LogP contribution in [0.15, 0.2) is 12.1 Å². The van der Waals surface area contributed by atoms with Crippen molar-refractivity contribution in [3.8, 4) is 5.75 Å². The van der Waals surface area contributed by atoms with Crippen LogP contribution >= 0.6 is 0 Å². The summed E-state index contributed by atoms with van der Waals surface area (Å²) in [6.07, 6.45) is 0. The molecule has 0 aliphatic carbocycles. The number of ether oxygens (including phenoxy) is 1. The lowest BCUT2D eigenvalue weighted by molar-refractivity contribution is 0.125. The number of aromatic nitrogens is 1. The van der Waals surface area contributed by atoms with Crippen LogP contribution in [-0.2, 0) is 0 Å². The monoisotopic (exact) mass is 239 g/mol. The van der Waals surface area contributed by atoms with E-state index in [9.17, 15) is 8.78 Å². The van der Waals surface area contributed by atoms with Crippen molar-refractivity contribution >= 4 is 10.9 Å². The minimum Gasteiger partial charge on any atom is -0.485 e. The SMILES string of the molecule is Cc1[nH]c2ccc(OC(C)(C)C)c(F)c2c1F. The Morgan fingerprint density at radius 1 is 1.12 bits per heavy atom. The number of nitrogens with one attached hydrogen (secondary N) is 1. The van der Waals surface area contributed by atoms with Crippen LogP contribution in [0.2, 0.25) is 0 Å². The van der Waals surface area contributed by atoms with Crippen molar-refractivity contribution < 1.29 is 13.5 Å². The maximum Gasteiger partial charge on any atom is 0.177 e. The molecule has 0 fully saturated rings. The molecule has 17 heavy (non-hydrogen) atoms. The van der Waals surface area contributed by atoms with Crippen LogP contribution in [0.3, 0.4) is 0 Å². The third-order valence-electron chi connectivity index (χ3n) is 2.39. The second kappa shape index (κ2) is 3.72. The molecule has 0 saturated heterocycles. The molecule has 0 bridgehead atoms. The highest BCUT2D eigenvalue weighted by atomic mass is 19.1. The normalized spacial score (nSPS) is 12.1. The highest BCUT2D eigenvalue weighted by Gasteiger charge is 2.20. The summed E-state index contributed by atoms with van der Waals surface area (Å²) in [5, 5.41) is -0.0377. The largest absolute Gasteiger partial charge is 0.485 e. The first-order valence-corrected chi connectivity index (χ1v) is 5.45. The molecule has 2 nitrogen and oxygen atoms in total. The molecule has 4 heteroatoms. The van der Waals surface area contributed by atoms with Crippen LogP contribution in [0.25, 0.3) is 10.9 Å². The zero-order chi connectivity index (χ0) is 12.8. The molecule has 92 valence electrons. The van der Waals surface area contributed by atoms with E-state index < -0.39 is 17.2 Å². The Labute approximate surface area is 98.6 Å². The van der Waals surface area contributed by atoms with Gasteiger partial charge in [-0.3, -0.25) is 0 Å². The van der Waals surface area contributed by atoms with Gasteiger partial charge in [-0.05, 0) is 39.8 Å². The number of aryl methyl sites for hydroxylation is 1. The predicted molar refractivity (Wildman–Crippen MR) is 63.3 cm³/mol. The van der Waals surface area contributed by atoms with Crippen LogP contribution in [0.4, 0.5) is 8.78 Å². The Balaban J connectivity index is 2.61. The lowest BCUT2D eigenvalue weighted by atomic mass is 10.1. The molecule has 2 aromatic rings. The molecular formula is C13H15F2NO. The van der Waals surface area contributed by atoms with Gasteiger partial charge in [-0.15, -0.1) is 0 Å². The van der Waals surface area contributed by atoms with Gasteiger partial charge in [0.1, 0.15) is 5.60 Å². The fourth-order valence-corrected chi connectivity index (χ4v) is 1.73. The lowest BCUT2D eigenvalue weighted by Gasteiger charge is -2.21. The van der Waals surface area contributed by atoms with E-state index in [2.05, 4.69) is 4.98 Å². The molecule has 2 rings (SSSR count). The van der Waals surface area contributed by atoms with E-state index in [0.29, 0.717) is 11.2 Å². The first kappa shape index (κ1) is 11.9. The Hall–Kier alpha value is -1.58. The molecule has 1 aromatic heterocycles. The summed E-state index contributed by atoms with van der Waals surface area (Å²) >= 11 is 0. The molecule has 0 saturated carbocycles. The molecule has 0 aliphatic heterocycles. The summed E-state index contributed by atoms with van der Waals surface area (Å²) < 4.78 is 33.2. The van der Waals surface area contributed by atoms with Crippen LogP contribution < -0.4 is 4.74 Å². The molecule has 1 N–H and O–H groups in total. The van der Waals surface area contributed by atoms with E-state index in [0.717, 1.165) is 0 Å². The smallest absolute Gasteiger partial charge is 0.177 e. The minimum atomic E-state index is -0.653. The number of rotatable bonds is 1. The van der Waals surface area contributed by atoms with Crippen molar-refractivity contribution in [3.63, 3.8) is 0 Å². The van der Waals surface area contributed by atoms with Gasteiger partial charge in [0, 0.05) is 5.69 Å².